The van der Waals surface area contributed by atoms with Crippen LogP contribution in [0.2, 0.25) is 0 Å². The maximum absolute atomic E-state index is 13.6. The fourth-order valence-electron chi connectivity index (χ4n) is 5.68. The second-order valence-corrected chi connectivity index (χ2v) is 10.6. The quantitative estimate of drug-likeness (QED) is 0.504. The van der Waals surface area contributed by atoms with Crippen LogP contribution in [0, 0.1) is 23.7 Å². The first-order valence-corrected chi connectivity index (χ1v) is 11.6. The predicted octanol–water partition coefficient (Wildman–Crippen LogP) is 5.37. The minimum Gasteiger partial charge on any atom is -0.354 e. The number of hydrogen-bond acceptors (Lipinski definition) is 3. The molecule has 152 valence electrons. The van der Waals surface area contributed by atoms with Gasteiger partial charge in [-0.25, -0.2) is 0 Å². The van der Waals surface area contributed by atoms with Crippen molar-refractivity contribution in [2.45, 2.75) is 69.7 Å². The highest BCUT2D eigenvalue weighted by atomic mass is 32.2. The van der Waals surface area contributed by atoms with Crippen LogP contribution in [-0.2, 0) is 9.53 Å². The molecule has 3 aliphatic rings. The van der Waals surface area contributed by atoms with Crippen molar-refractivity contribution in [2.75, 3.05) is 5.75 Å². The van der Waals surface area contributed by atoms with Crippen LogP contribution in [0.1, 0.15) is 47.0 Å². The summed E-state index contributed by atoms with van der Waals surface area (Å²) >= 11 is 1.77. The van der Waals surface area contributed by atoms with Crippen molar-refractivity contribution in [3.63, 3.8) is 0 Å². The van der Waals surface area contributed by atoms with E-state index in [-0.39, 0.29) is 35.6 Å². The molecule has 0 N–H and O–H groups in total. The lowest BCUT2D eigenvalue weighted by molar-refractivity contribution is -0.224. The summed E-state index contributed by atoms with van der Waals surface area (Å²) < 4.78 is 6.68. The molecular formula is C24H33NO2S. The van der Waals surface area contributed by atoms with Crippen molar-refractivity contribution in [3.8, 4) is 0 Å². The molecule has 0 bridgehead atoms. The Bertz CT molecular complexity index is 746. The molecule has 1 aromatic carbocycles. The highest BCUT2D eigenvalue weighted by molar-refractivity contribution is 7.99. The Morgan fingerprint density at radius 2 is 2.00 bits per heavy atom. The molecule has 4 rings (SSSR count). The van der Waals surface area contributed by atoms with Gasteiger partial charge in [-0.15, -0.1) is 11.8 Å². The summed E-state index contributed by atoms with van der Waals surface area (Å²) in [7, 11) is 0. The first-order chi connectivity index (χ1) is 13.3. The number of amides is 1. The number of nitrogens with zero attached hydrogens (tertiary/aromatic N) is 1. The fraction of sp³-hybridized carbons (Fsp3) is 0.625. The summed E-state index contributed by atoms with van der Waals surface area (Å²) in [4.78, 5) is 16.9. The van der Waals surface area contributed by atoms with Gasteiger partial charge in [-0.3, -0.25) is 4.79 Å². The minimum atomic E-state index is -0.162. The van der Waals surface area contributed by atoms with Crippen LogP contribution in [-0.4, -0.2) is 34.4 Å². The van der Waals surface area contributed by atoms with Gasteiger partial charge in [0.05, 0.1) is 12.0 Å². The molecule has 1 saturated carbocycles. The zero-order chi connectivity index (χ0) is 20.1. The number of carbonyl (C=O) groups excluding carboxylic acids is 1. The van der Waals surface area contributed by atoms with Gasteiger partial charge in [0, 0.05) is 28.0 Å². The van der Waals surface area contributed by atoms with Gasteiger partial charge in [0.1, 0.15) is 6.23 Å². The maximum Gasteiger partial charge on any atom is 0.229 e. The van der Waals surface area contributed by atoms with E-state index in [4.69, 9.17) is 4.74 Å². The Labute approximate surface area is 173 Å². The summed E-state index contributed by atoms with van der Waals surface area (Å²) in [5.41, 5.74) is 0.905. The summed E-state index contributed by atoms with van der Waals surface area (Å²) in [6.07, 6.45) is 3.59. The number of thioether (sulfide) groups is 1. The van der Waals surface area contributed by atoms with Gasteiger partial charge in [-0.1, -0.05) is 43.7 Å². The van der Waals surface area contributed by atoms with E-state index in [0.29, 0.717) is 11.8 Å². The molecule has 2 saturated heterocycles. The minimum absolute atomic E-state index is 0.0652. The standard InChI is InChI=1S/C24H33NO2S/c1-15(2)21-18(14-28-17-9-7-6-8-10-17)22(26)25-23(21)27-20-13-16(3)11-12-19(20)24(25,4)5/h6-10,16,18-21,23H,1,11-14H2,2-5H3/t16-,18-,19-,20-,21-,23?/m1/s1. The predicted molar refractivity (Wildman–Crippen MR) is 115 cm³/mol. The third-order valence-corrected chi connectivity index (χ3v) is 8.32. The first kappa shape index (κ1) is 20.0. The van der Waals surface area contributed by atoms with Crippen LogP contribution in [0.25, 0.3) is 0 Å². The van der Waals surface area contributed by atoms with E-state index in [2.05, 4.69) is 63.4 Å². The second-order valence-electron chi connectivity index (χ2n) is 9.55. The molecule has 2 heterocycles. The molecule has 3 nitrogen and oxygen atoms in total. The molecule has 1 unspecified atom stereocenters. The number of carbonyl (C=O) groups is 1. The SMILES string of the molecule is C=C(C)[C@H]1C2O[C@@H]3C[C@H](C)CC[C@H]3C(C)(C)N2C(=O)[C@@H]1CSc1ccccc1. The van der Waals surface area contributed by atoms with E-state index >= 15 is 0 Å². The van der Waals surface area contributed by atoms with E-state index in [0.717, 1.165) is 24.2 Å². The van der Waals surface area contributed by atoms with Gasteiger partial charge in [0.25, 0.3) is 0 Å². The molecule has 6 atom stereocenters. The highest BCUT2D eigenvalue weighted by Crippen LogP contribution is 2.52. The molecule has 1 aromatic rings. The average molecular weight is 400 g/mol. The largest absolute Gasteiger partial charge is 0.354 e. The molecular weight excluding hydrogens is 366 g/mol. The van der Waals surface area contributed by atoms with Gasteiger partial charge in [-0.05, 0) is 51.7 Å². The van der Waals surface area contributed by atoms with Crippen LogP contribution in [0.4, 0.5) is 0 Å². The van der Waals surface area contributed by atoms with Crippen molar-refractivity contribution < 1.29 is 9.53 Å². The van der Waals surface area contributed by atoms with Crippen molar-refractivity contribution in [2.24, 2.45) is 23.7 Å². The molecule has 2 aliphatic heterocycles. The molecule has 1 aliphatic carbocycles. The van der Waals surface area contributed by atoms with E-state index < -0.39 is 0 Å². The van der Waals surface area contributed by atoms with Gasteiger partial charge in [0.2, 0.25) is 5.91 Å². The van der Waals surface area contributed by atoms with Crippen molar-refractivity contribution in [1.82, 2.24) is 4.90 Å². The summed E-state index contributed by atoms with van der Waals surface area (Å²) in [6, 6.07) is 10.4. The number of fused-ring (bicyclic) bond motifs is 2. The van der Waals surface area contributed by atoms with E-state index in [9.17, 15) is 4.79 Å². The molecule has 4 heteroatoms. The van der Waals surface area contributed by atoms with Gasteiger partial charge in [-0.2, -0.15) is 0 Å². The lowest BCUT2D eigenvalue weighted by Gasteiger charge is -2.56. The lowest BCUT2D eigenvalue weighted by Crippen LogP contribution is -2.64. The summed E-state index contributed by atoms with van der Waals surface area (Å²) in [5.74, 6) is 2.16. The molecule has 3 fully saturated rings. The Morgan fingerprint density at radius 3 is 2.68 bits per heavy atom. The van der Waals surface area contributed by atoms with E-state index in [1.807, 2.05) is 6.07 Å². The third kappa shape index (κ3) is 3.33. The van der Waals surface area contributed by atoms with Gasteiger partial charge < -0.3 is 9.64 Å². The molecule has 0 aromatic heterocycles. The van der Waals surface area contributed by atoms with Crippen molar-refractivity contribution in [3.05, 3.63) is 42.5 Å². The number of benzene rings is 1. The van der Waals surface area contributed by atoms with Crippen molar-refractivity contribution in [1.29, 1.82) is 0 Å². The first-order valence-electron chi connectivity index (χ1n) is 10.6. The van der Waals surface area contributed by atoms with Crippen LogP contribution >= 0.6 is 11.8 Å². The summed E-state index contributed by atoms with van der Waals surface area (Å²) in [6.45, 7) is 13.2. The molecule has 28 heavy (non-hydrogen) atoms. The topological polar surface area (TPSA) is 29.5 Å². The lowest BCUT2D eigenvalue weighted by atomic mass is 9.70. The number of ether oxygens (including phenoxy) is 1. The Balaban J connectivity index is 1.62. The fourth-order valence-corrected chi connectivity index (χ4v) is 6.76. The second kappa shape index (κ2) is 7.53. The zero-order valence-electron chi connectivity index (χ0n) is 17.6. The smallest absolute Gasteiger partial charge is 0.229 e. The average Bonchev–Trinajstić information content (AvgIpc) is 2.93. The van der Waals surface area contributed by atoms with Crippen molar-refractivity contribution >= 4 is 17.7 Å². The Hall–Kier alpha value is -1.26. The Kier molecular flexibility index (Phi) is 5.39. The highest BCUT2D eigenvalue weighted by Gasteiger charge is 2.60. The molecule has 0 spiro atoms. The van der Waals surface area contributed by atoms with Crippen LogP contribution in [0.3, 0.4) is 0 Å². The normalized spacial score (nSPS) is 36.7. The van der Waals surface area contributed by atoms with Gasteiger partial charge >= 0.3 is 0 Å². The monoisotopic (exact) mass is 399 g/mol. The van der Waals surface area contributed by atoms with Crippen LogP contribution in [0.15, 0.2) is 47.4 Å². The number of hydrogen-bond donors (Lipinski definition) is 0. The number of rotatable bonds is 4. The molecule has 1 amide bonds. The van der Waals surface area contributed by atoms with Crippen LogP contribution in [0.5, 0.6) is 0 Å². The maximum atomic E-state index is 13.6. The summed E-state index contributed by atoms with van der Waals surface area (Å²) in [5, 5.41) is 0. The Morgan fingerprint density at radius 1 is 1.29 bits per heavy atom. The van der Waals surface area contributed by atoms with Crippen LogP contribution < -0.4 is 0 Å². The third-order valence-electron chi connectivity index (χ3n) is 7.19. The van der Waals surface area contributed by atoms with E-state index in [1.165, 1.54) is 11.3 Å². The molecule has 0 radical (unpaired) electrons. The zero-order valence-corrected chi connectivity index (χ0v) is 18.4. The van der Waals surface area contributed by atoms with Gasteiger partial charge in [0.15, 0.2) is 0 Å². The van der Waals surface area contributed by atoms with E-state index in [1.54, 1.807) is 11.8 Å².